The molecule has 6 heteroatoms. The van der Waals surface area contributed by atoms with E-state index in [0.29, 0.717) is 0 Å². The topological polar surface area (TPSA) is 63.6 Å². The standard InChI is InChI=1S/C11H14F2O4/c1-2-17-8(14)3-7-10(11(7,12)13)4-6(5-10)9(15)16/h6-7H,2-5H2,1H3,(H,15,16). The minimum absolute atomic E-state index is 0.0284. The molecule has 0 aromatic rings. The van der Waals surface area contributed by atoms with E-state index in [1.807, 2.05) is 0 Å². The van der Waals surface area contributed by atoms with E-state index in [-0.39, 0.29) is 25.9 Å². The van der Waals surface area contributed by atoms with Crippen LogP contribution in [0.4, 0.5) is 8.78 Å². The van der Waals surface area contributed by atoms with Crippen LogP contribution >= 0.6 is 0 Å². The van der Waals surface area contributed by atoms with Crippen molar-refractivity contribution >= 4 is 11.9 Å². The average Bonchev–Trinajstić information content (AvgIpc) is 2.60. The lowest BCUT2D eigenvalue weighted by Gasteiger charge is -2.33. The van der Waals surface area contributed by atoms with Crippen LogP contribution in [0.1, 0.15) is 26.2 Å². The van der Waals surface area contributed by atoms with Crippen LogP contribution in [-0.4, -0.2) is 29.6 Å². The van der Waals surface area contributed by atoms with Crippen molar-refractivity contribution in [1.29, 1.82) is 0 Å². The molecule has 0 heterocycles. The average molecular weight is 248 g/mol. The Bertz CT molecular complexity index is 360. The van der Waals surface area contributed by atoms with E-state index in [0.717, 1.165) is 0 Å². The maximum Gasteiger partial charge on any atom is 0.306 e. The maximum absolute atomic E-state index is 13.5. The van der Waals surface area contributed by atoms with E-state index >= 15 is 0 Å². The summed E-state index contributed by atoms with van der Waals surface area (Å²) in [7, 11) is 0. The van der Waals surface area contributed by atoms with E-state index < -0.39 is 35.1 Å². The monoisotopic (exact) mass is 248 g/mol. The molecule has 4 nitrogen and oxygen atoms in total. The minimum atomic E-state index is -2.91. The van der Waals surface area contributed by atoms with E-state index in [4.69, 9.17) is 5.11 Å². The highest BCUT2D eigenvalue weighted by molar-refractivity contribution is 5.74. The number of aliphatic carboxylic acids is 1. The zero-order valence-corrected chi connectivity index (χ0v) is 9.41. The second-order valence-electron chi connectivity index (χ2n) is 4.78. The number of carbonyl (C=O) groups excluding carboxylic acids is 1. The van der Waals surface area contributed by atoms with Crippen molar-refractivity contribution in [2.75, 3.05) is 6.61 Å². The number of hydrogen-bond donors (Lipinski definition) is 1. The third-order valence-corrected chi connectivity index (χ3v) is 3.93. The molecule has 0 radical (unpaired) electrons. The van der Waals surface area contributed by atoms with Gasteiger partial charge in [0.05, 0.1) is 18.9 Å². The van der Waals surface area contributed by atoms with Gasteiger partial charge in [-0.1, -0.05) is 0 Å². The summed E-state index contributed by atoms with van der Waals surface area (Å²) in [6.45, 7) is 1.78. The van der Waals surface area contributed by atoms with Gasteiger partial charge in [0.1, 0.15) is 0 Å². The summed E-state index contributed by atoms with van der Waals surface area (Å²) in [6.07, 6.45) is -0.369. The van der Waals surface area contributed by atoms with Gasteiger partial charge >= 0.3 is 11.9 Å². The number of halogens is 2. The van der Waals surface area contributed by atoms with Crippen molar-refractivity contribution < 1.29 is 28.2 Å². The molecule has 2 aliphatic rings. The van der Waals surface area contributed by atoms with Crippen LogP contribution in [0.3, 0.4) is 0 Å². The largest absolute Gasteiger partial charge is 0.481 e. The van der Waals surface area contributed by atoms with Crippen LogP contribution in [-0.2, 0) is 14.3 Å². The Morgan fingerprint density at radius 2 is 2.00 bits per heavy atom. The van der Waals surface area contributed by atoms with Crippen LogP contribution in [0, 0.1) is 17.3 Å². The molecule has 1 N–H and O–H groups in total. The molecule has 1 unspecified atom stereocenters. The molecule has 1 spiro atoms. The Balaban J connectivity index is 1.94. The summed E-state index contributed by atoms with van der Waals surface area (Å²) >= 11 is 0. The molecule has 2 rings (SSSR count). The second-order valence-corrected chi connectivity index (χ2v) is 4.78. The summed E-state index contributed by atoms with van der Waals surface area (Å²) in [4.78, 5) is 21.8. The van der Waals surface area contributed by atoms with Gasteiger partial charge in [-0.2, -0.15) is 0 Å². The number of esters is 1. The van der Waals surface area contributed by atoms with Crippen LogP contribution in [0.25, 0.3) is 0 Å². The molecule has 17 heavy (non-hydrogen) atoms. The fourth-order valence-corrected chi connectivity index (χ4v) is 2.85. The molecule has 0 aromatic heterocycles. The smallest absolute Gasteiger partial charge is 0.306 e. The molecule has 0 saturated heterocycles. The first-order valence-corrected chi connectivity index (χ1v) is 5.61. The number of carboxylic acids is 1. The summed E-state index contributed by atoms with van der Waals surface area (Å²) < 4.78 is 31.7. The molecule has 1 atom stereocenters. The third kappa shape index (κ3) is 1.61. The van der Waals surface area contributed by atoms with Gasteiger partial charge in [0, 0.05) is 11.3 Å². The van der Waals surface area contributed by atoms with E-state index in [1.165, 1.54) is 0 Å². The summed E-state index contributed by atoms with van der Waals surface area (Å²) in [5, 5.41) is 8.68. The van der Waals surface area contributed by atoms with Crippen LogP contribution in [0.2, 0.25) is 0 Å². The number of alkyl halides is 2. The Morgan fingerprint density at radius 1 is 1.41 bits per heavy atom. The fraction of sp³-hybridized carbons (Fsp3) is 0.818. The molecule has 0 bridgehead atoms. The van der Waals surface area contributed by atoms with Gasteiger partial charge in [-0.25, -0.2) is 8.78 Å². The van der Waals surface area contributed by atoms with Crippen molar-refractivity contribution in [3.05, 3.63) is 0 Å². The predicted molar refractivity (Wildman–Crippen MR) is 52.5 cm³/mol. The molecule has 2 saturated carbocycles. The van der Waals surface area contributed by atoms with Crippen molar-refractivity contribution in [1.82, 2.24) is 0 Å². The summed E-state index contributed by atoms with van der Waals surface area (Å²) in [6, 6.07) is 0. The number of carboxylic acid groups (broad SMARTS) is 1. The third-order valence-electron chi connectivity index (χ3n) is 3.93. The van der Waals surface area contributed by atoms with Gasteiger partial charge in [-0.3, -0.25) is 9.59 Å². The lowest BCUT2D eigenvalue weighted by molar-refractivity contribution is -0.149. The molecular formula is C11H14F2O4. The van der Waals surface area contributed by atoms with Crippen LogP contribution in [0.5, 0.6) is 0 Å². The van der Waals surface area contributed by atoms with Gasteiger partial charge in [-0.15, -0.1) is 0 Å². The zero-order valence-electron chi connectivity index (χ0n) is 9.41. The number of ether oxygens (including phenoxy) is 1. The highest BCUT2D eigenvalue weighted by Gasteiger charge is 2.84. The molecule has 96 valence electrons. The van der Waals surface area contributed by atoms with Crippen molar-refractivity contribution in [2.45, 2.75) is 32.1 Å². The lowest BCUT2D eigenvalue weighted by atomic mass is 9.70. The van der Waals surface area contributed by atoms with Crippen LogP contribution in [0.15, 0.2) is 0 Å². The van der Waals surface area contributed by atoms with E-state index in [1.54, 1.807) is 6.92 Å². The van der Waals surface area contributed by atoms with E-state index in [2.05, 4.69) is 4.74 Å². The summed E-state index contributed by atoms with van der Waals surface area (Å²) in [5.74, 6) is -6.30. The Morgan fingerprint density at radius 3 is 2.47 bits per heavy atom. The predicted octanol–water partition coefficient (Wildman–Crippen LogP) is 1.69. The normalized spacial score (nSPS) is 37.4. The Labute approximate surface area is 96.9 Å². The molecule has 0 amide bonds. The van der Waals surface area contributed by atoms with Crippen LogP contribution < -0.4 is 0 Å². The SMILES string of the molecule is CCOC(=O)CC1C(F)(F)C12CC(C(=O)O)C2. The highest BCUT2D eigenvalue weighted by Crippen LogP contribution is 2.77. The molecule has 0 aliphatic heterocycles. The molecule has 2 aliphatic carbocycles. The molecule has 0 aromatic carbocycles. The van der Waals surface area contributed by atoms with Gasteiger partial charge < -0.3 is 9.84 Å². The first kappa shape index (κ1) is 12.3. The zero-order chi connectivity index (χ0) is 12.8. The summed E-state index contributed by atoms with van der Waals surface area (Å²) in [5.41, 5.74) is -1.25. The van der Waals surface area contributed by atoms with E-state index in [9.17, 15) is 18.4 Å². The minimum Gasteiger partial charge on any atom is -0.481 e. The molecule has 2 fully saturated rings. The van der Waals surface area contributed by atoms with Crippen molar-refractivity contribution in [2.24, 2.45) is 17.3 Å². The van der Waals surface area contributed by atoms with Gasteiger partial charge in [0.15, 0.2) is 0 Å². The lowest BCUT2D eigenvalue weighted by Crippen LogP contribution is -2.36. The van der Waals surface area contributed by atoms with Gasteiger partial charge in [0.2, 0.25) is 0 Å². The van der Waals surface area contributed by atoms with Gasteiger partial charge in [0.25, 0.3) is 5.92 Å². The number of rotatable bonds is 4. The highest BCUT2D eigenvalue weighted by atomic mass is 19.3. The van der Waals surface area contributed by atoms with Gasteiger partial charge in [-0.05, 0) is 19.8 Å². The first-order valence-electron chi connectivity index (χ1n) is 5.61. The Hall–Kier alpha value is -1.20. The fourth-order valence-electron chi connectivity index (χ4n) is 2.85. The van der Waals surface area contributed by atoms with Crippen molar-refractivity contribution in [3.8, 4) is 0 Å². The second kappa shape index (κ2) is 3.65. The van der Waals surface area contributed by atoms with Crippen molar-refractivity contribution in [3.63, 3.8) is 0 Å². The quantitative estimate of drug-likeness (QED) is 0.769. The number of carbonyl (C=O) groups is 2. The number of hydrogen-bond acceptors (Lipinski definition) is 3. The molecular weight excluding hydrogens is 234 g/mol. The maximum atomic E-state index is 13.5. The first-order chi connectivity index (χ1) is 7.85. The Kier molecular flexibility index (Phi) is 2.63.